The Kier molecular flexibility index (Phi) is 6.02. The lowest BCUT2D eigenvalue weighted by Gasteiger charge is -2.20. The fourth-order valence-corrected chi connectivity index (χ4v) is 3.83. The molecule has 0 saturated carbocycles. The first-order chi connectivity index (χ1) is 14.6. The van der Waals surface area contributed by atoms with Crippen LogP contribution in [0.1, 0.15) is 20.7 Å². The molecule has 4 rings (SSSR count). The minimum absolute atomic E-state index is 0.364. The molecule has 148 valence electrons. The predicted molar refractivity (Wildman–Crippen MR) is 122 cm³/mol. The fourth-order valence-electron chi connectivity index (χ4n) is 2.77. The summed E-state index contributed by atoms with van der Waals surface area (Å²) in [5, 5.41) is 3.45. The Morgan fingerprint density at radius 2 is 1.43 bits per heavy atom. The number of hydrogen-bond donors (Lipinski definition) is 1. The number of benzene rings is 3. The number of amides is 2. The average Bonchev–Trinajstić information content (AvgIpc) is 3.28. The van der Waals surface area contributed by atoms with E-state index in [0.29, 0.717) is 16.3 Å². The largest absolute Gasteiger partial charge is 0.279 e. The molecule has 1 heterocycles. The Morgan fingerprint density at radius 1 is 0.833 bits per heavy atom. The van der Waals surface area contributed by atoms with Gasteiger partial charge in [-0.2, -0.15) is 5.01 Å². The van der Waals surface area contributed by atoms with E-state index in [1.54, 1.807) is 48.5 Å². The number of halogens is 1. The molecule has 0 aliphatic carbocycles. The van der Waals surface area contributed by atoms with Gasteiger partial charge < -0.3 is 0 Å². The molecule has 2 amide bonds. The molecule has 30 heavy (non-hydrogen) atoms. The van der Waals surface area contributed by atoms with Crippen LogP contribution in [-0.4, -0.2) is 16.8 Å². The van der Waals surface area contributed by atoms with Crippen LogP contribution in [0.3, 0.4) is 0 Å². The highest BCUT2D eigenvalue weighted by Crippen LogP contribution is 2.28. The van der Waals surface area contributed by atoms with Crippen LogP contribution in [-0.2, 0) is 0 Å². The zero-order valence-corrected chi connectivity index (χ0v) is 18.1. The van der Waals surface area contributed by atoms with Crippen molar-refractivity contribution in [2.24, 2.45) is 0 Å². The minimum atomic E-state index is -0.389. The highest BCUT2D eigenvalue weighted by Gasteiger charge is 2.24. The third-order valence-electron chi connectivity index (χ3n) is 4.30. The zero-order valence-electron chi connectivity index (χ0n) is 15.7. The first-order valence-electron chi connectivity index (χ1n) is 9.09. The van der Waals surface area contributed by atoms with Gasteiger partial charge in [-0.15, -0.1) is 11.3 Å². The molecule has 3 aromatic carbocycles. The number of aromatic nitrogens is 1. The van der Waals surface area contributed by atoms with Gasteiger partial charge in [0.1, 0.15) is 0 Å². The molecule has 0 aliphatic heterocycles. The quantitative estimate of drug-likeness (QED) is 0.391. The molecule has 7 heteroatoms. The molecule has 5 nitrogen and oxygen atoms in total. The summed E-state index contributed by atoms with van der Waals surface area (Å²) in [7, 11) is 0. The molecule has 0 radical (unpaired) electrons. The van der Waals surface area contributed by atoms with E-state index in [1.165, 1.54) is 16.3 Å². The molecule has 0 spiro atoms. The highest BCUT2D eigenvalue weighted by molar-refractivity contribution is 9.10. The maximum absolute atomic E-state index is 13.2. The van der Waals surface area contributed by atoms with Gasteiger partial charge in [-0.25, -0.2) is 4.98 Å². The van der Waals surface area contributed by atoms with E-state index in [2.05, 4.69) is 26.3 Å². The third-order valence-corrected chi connectivity index (χ3v) is 5.65. The van der Waals surface area contributed by atoms with Crippen molar-refractivity contribution in [2.75, 3.05) is 5.01 Å². The standard InChI is InChI=1S/C23H16BrN3O2S/c24-19-13-11-16(12-14-19)20-15-30-23(25-20)27(22(29)18-9-5-2-6-10-18)26-21(28)17-7-3-1-4-8-17/h1-15H,(H,26,28). The van der Waals surface area contributed by atoms with Gasteiger partial charge in [0, 0.05) is 26.5 Å². The molecule has 0 bridgehead atoms. The molecule has 4 aromatic rings. The number of hydrazine groups is 1. The van der Waals surface area contributed by atoms with Gasteiger partial charge in [-0.3, -0.25) is 15.0 Å². The molecular weight excluding hydrogens is 462 g/mol. The van der Waals surface area contributed by atoms with Gasteiger partial charge in [-0.05, 0) is 36.4 Å². The first kappa shape index (κ1) is 20.0. The summed E-state index contributed by atoms with van der Waals surface area (Å²) in [6, 6.07) is 25.3. The van der Waals surface area contributed by atoms with E-state index in [-0.39, 0.29) is 11.8 Å². The van der Waals surface area contributed by atoms with Gasteiger partial charge in [0.25, 0.3) is 11.8 Å². The summed E-state index contributed by atoms with van der Waals surface area (Å²) in [5.74, 6) is -0.753. The van der Waals surface area contributed by atoms with E-state index in [0.717, 1.165) is 15.7 Å². The second-order valence-corrected chi connectivity index (χ2v) is 8.09. The van der Waals surface area contributed by atoms with E-state index >= 15 is 0 Å². The number of hydrogen-bond acceptors (Lipinski definition) is 4. The Balaban J connectivity index is 1.67. The van der Waals surface area contributed by atoms with Crippen molar-refractivity contribution in [3.05, 3.63) is 106 Å². The maximum Gasteiger partial charge on any atom is 0.279 e. The zero-order chi connectivity index (χ0) is 20.9. The highest BCUT2D eigenvalue weighted by atomic mass is 79.9. The van der Waals surface area contributed by atoms with Gasteiger partial charge in [0.2, 0.25) is 5.13 Å². The smallest absolute Gasteiger partial charge is 0.267 e. The van der Waals surface area contributed by atoms with Crippen LogP contribution in [0, 0.1) is 0 Å². The van der Waals surface area contributed by atoms with Crippen molar-refractivity contribution in [1.29, 1.82) is 0 Å². The van der Waals surface area contributed by atoms with Crippen LogP contribution in [0.4, 0.5) is 5.13 Å². The number of carbonyl (C=O) groups excluding carboxylic acids is 2. The van der Waals surface area contributed by atoms with Crippen molar-refractivity contribution in [3.63, 3.8) is 0 Å². The Bertz CT molecular complexity index is 1160. The summed E-state index contributed by atoms with van der Waals surface area (Å²) < 4.78 is 0.970. The van der Waals surface area contributed by atoms with Crippen molar-refractivity contribution >= 4 is 44.2 Å². The average molecular weight is 478 g/mol. The van der Waals surface area contributed by atoms with Crippen LogP contribution < -0.4 is 10.4 Å². The Labute approximate surface area is 186 Å². The first-order valence-corrected chi connectivity index (χ1v) is 10.8. The van der Waals surface area contributed by atoms with Gasteiger partial charge in [0.05, 0.1) is 5.69 Å². The van der Waals surface area contributed by atoms with Gasteiger partial charge in [-0.1, -0.05) is 64.5 Å². The number of carbonyl (C=O) groups is 2. The number of anilines is 1. The molecule has 0 atom stereocenters. The van der Waals surface area contributed by atoms with Crippen LogP contribution in [0.5, 0.6) is 0 Å². The number of rotatable bonds is 4. The van der Waals surface area contributed by atoms with E-state index < -0.39 is 0 Å². The van der Waals surface area contributed by atoms with Crippen LogP contribution in [0.15, 0.2) is 94.8 Å². The molecule has 0 aliphatic rings. The van der Waals surface area contributed by atoms with Crippen LogP contribution in [0.25, 0.3) is 11.3 Å². The summed E-state index contributed by atoms with van der Waals surface area (Å²) in [4.78, 5) is 30.5. The lowest BCUT2D eigenvalue weighted by atomic mass is 10.2. The fraction of sp³-hybridized carbons (Fsp3) is 0. The number of thiazole rings is 1. The van der Waals surface area contributed by atoms with Crippen molar-refractivity contribution in [2.45, 2.75) is 0 Å². The SMILES string of the molecule is O=C(NN(C(=O)c1ccccc1)c1nc(-c2ccc(Br)cc2)cs1)c1ccccc1. The second-order valence-electron chi connectivity index (χ2n) is 6.34. The molecule has 0 unspecified atom stereocenters. The van der Waals surface area contributed by atoms with Crippen LogP contribution >= 0.6 is 27.3 Å². The maximum atomic E-state index is 13.2. The van der Waals surface area contributed by atoms with Crippen molar-refractivity contribution in [1.82, 2.24) is 10.4 Å². The normalized spacial score (nSPS) is 10.4. The Hall–Kier alpha value is -3.29. The van der Waals surface area contributed by atoms with Crippen LogP contribution in [0.2, 0.25) is 0 Å². The minimum Gasteiger partial charge on any atom is -0.267 e. The summed E-state index contributed by atoms with van der Waals surface area (Å²) in [6.07, 6.45) is 0. The molecule has 0 saturated heterocycles. The van der Waals surface area contributed by atoms with Crippen molar-refractivity contribution < 1.29 is 9.59 Å². The van der Waals surface area contributed by atoms with E-state index in [4.69, 9.17) is 0 Å². The van der Waals surface area contributed by atoms with Crippen molar-refractivity contribution in [3.8, 4) is 11.3 Å². The van der Waals surface area contributed by atoms with E-state index in [1.807, 2.05) is 41.8 Å². The topological polar surface area (TPSA) is 62.3 Å². The molecular formula is C23H16BrN3O2S. The lowest BCUT2D eigenvalue weighted by Crippen LogP contribution is -2.46. The van der Waals surface area contributed by atoms with Gasteiger partial charge in [0.15, 0.2) is 0 Å². The molecule has 0 fully saturated rings. The van der Waals surface area contributed by atoms with Gasteiger partial charge >= 0.3 is 0 Å². The molecule has 1 N–H and O–H groups in total. The molecule has 1 aromatic heterocycles. The third kappa shape index (κ3) is 4.48. The summed E-state index contributed by atoms with van der Waals surface area (Å²) in [6.45, 7) is 0. The summed E-state index contributed by atoms with van der Waals surface area (Å²) in [5.41, 5.74) is 5.25. The number of nitrogens with zero attached hydrogens (tertiary/aromatic N) is 2. The number of nitrogens with one attached hydrogen (secondary N) is 1. The lowest BCUT2D eigenvalue weighted by molar-refractivity contribution is 0.0887. The van der Waals surface area contributed by atoms with E-state index in [9.17, 15) is 9.59 Å². The Morgan fingerprint density at radius 3 is 2.07 bits per heavy atom. The monoisotopic (exact) mass is 477 g/mol. The summed E-state index contributed by atoms with van der Waals surface area (Å²) >= 11 is 4.71. The predicted octanol–water partition coefficient (Wildman–Crippen LogP) is 5.56. The second kappa shape index (κ2) is 9.02.